The number of carboxylic acids is 1. The van der Waals surface area contributed by atoms with Crippen LogP contribution in [0.3, 0.4) is 0 Å². The van der Waals surface area contributed by atoms with Gasteiger partial charge in [-0.2, -0.15) is 0 Å². The average Bonchev–Trinajstić information content (AvgIpc) is 2.41. The monoisotopic (exact) mass is 262 g/mol. The zero-order valence-electron chi connectivity index (χ0n) is 10.1. The summed E-state index contributed by atoms with van der Waals surface area (Å²) in [7, 11) is 1.38. The number of ether oxygens (including phenoxy) is 1. The van der Waals surface area contributed by atoms with Gasteiger partial charge in [-0.15, -0.1) is 0 Å². The van der Waals surface area contributed by atoms with E-state index in [1.54, 1.807) is 12.1 Å². The molecule has 0 aliphatic rings. The molecule has 0 aliphatic heterocycles. The van der Waals surface area contributed by atoms with E-state index in [1.807, 2.05) is 0 Å². The number of hydrogen-bond donors (Lipinski definition) is 2. The van der Waals surface area contributed by atoms with E-state index < -0.39 is 11.8 Å². The Hall–Kier alpha value is -2.63. The number of carboxylic acid groups (broad SMARTS) is 1. The van der Waals surface area contributed by atoms with Crippen LogP contribution in [0, 0.1) is 5.82 Å². The van der Waals surface area contributed by atoms with Crippen molar-refractivity contribution in [2.24, 2.45) is 0 Å². The van der Waals surface area contributed by atoms with Crippen molar-refractivity contribution in [3.8, 4) is 5.75 Å². The molecule has 2 N–H and O–H groups in total. The lowest BCUT2D eigenvalue weighted by atomic mass is 10.2. The second-order valence-corrected chi connectivity index (χ2v) is 3.71. The Morgan fingerprint density at radius 1 is 1.32 bits per heavy atom. The highest BCUT2D eigenvalue weighted by Gasteiger charge is 2.06. The van der Waals surface area contributed by atoms with Crippen molar-refractivity contribution in [2.45, 2.75) is 0 Å². The van der Waals surface area contributed by atoms with Crippen LogP contribution in [0.2, 0.25) is 0 Å². The molecule has 0 bridgehead atoms. The summed E-state index contributed by atoms with van der Waals surface area (Å²) in [5.41, 5.74) is 1.17. The minimum Gasteiger partial charge on any atom is -0.494 e. The van der Waals surface area contributed by atoms with Crippen LogP contribution >= 0.6 is 0 Å². The van der Waals surface area contributed by atoms with E-state index in [4.69, 9.17) is 9.84 Å². The lowest BCUT2D eigenvalue weighted by Crippen LogP contribution is -2.00. The molecule has 0 fully saturated rings. The fourth-order valence-corrected chi connectivity index (χ4v) is 1.50. The Kier molecular flexibility index (Phi) is 3.61. The number of carbonyl (C=O) groups is 1. The molecule has 0 saturated heterocycles. The molecule has 2 rings (SSSR count). The van der Waals surface area contributed by atoms with Crippen LogP contribution in [0.1, 0.15) is 10.5 Å². The van der Waals surface area contributed by atoms with Gasteiger partial charge in [0.2, 0.25) is 0 Å². The predicted octanol–water partition coefficient (Wildman–Crippen LogP) is 2.67. The van der Waals surface area contributed by atoms with Crippen LogP contribution in [0.5, 0.6) is 5.75 Å². The molecule has 6 heteroatoms. The summed E-state index contributed by atoms with van der Waals surface area (Å²) in [6, 6.07) is 7.28. The molecule has 0 amide bonds. The molecule has 0 radical (unpaired) electrons. The SMILES string of the molecule is COc1cc(Nc2ccc(C(=O)O)nc2)ccc1F. The van der Waals surface area contributed by atoms with E-state index in [0.717, 1.165) is 0 Å². The lowest BCUT2D eigenvalue weighted by Gasteiger charge is -2.08. The minimum absolute atomic E-state index is 0.0396. The largest absolute Gasteiger partial charge is 0.494 e. The van der Waals surface area contributed by atoms with Gasteiger partial charge < -0.3 is 15.2 Å². The molecular weight excluding hydrogens is 251 g/mol. The van der Waals surface area contributed by atoms with E-state index in [1.165, 1.54) is 31.5 Å². The molecule has 1 aromatic carbocycles. The van der Waals surface area contributed by atoms with E-state index >= 15 is 0 Å². The maximum atomic E-state index is 13.2. The zero-order valence-corrected chi connectivity index (χ0v) is 10.1. The number of pyridine rings is 1. The van der Waals surface area contributed by atoms with Crippen molar-refractivity contribution in [3.63, 3.8) is 0 Å². The minimum atomic E-state index is -1.09. The highest BCUT2D eigenvalue weighted by molar-refractivity contribution is 5.85. The standard InChI is InChI=1S/C13H11FN2O3/c1-19-12-6-8(2-4-10(12)14)16-9-3-5-11(13(17)18)15-7-9/h2-7,16H,1H3,(H,17,18). The number of methoxy groups -OCH3 is 1. The van der Waals surface area contributed by atoms with Gasteiger partial charge in [0, 0.05) is 11.8 Å². The number of hydrogen-bond acceptors (Lipinski definition) is 4. The third-order valence-corrected chi connectivity index (χ3v) is 2.42. The fourth-order valence-electron chi connectivity index (χ4n) is 1.50. The summed E-state index contributed by atoms with van der Waals surface area (Å²) in [6.45, 7) is 0. The van der Waals surface area contributed by atoms with Crippen LogP contribution in [0.4, 0.5) is 15.8 Å². The van der Waals surface area contributed by atoms with Crippen LogP contribution in [-0.4, -0.2) is 23.2 Å². The van der Waals surface area contributed by atoms with Crippen LogP contribution in [0.25, 0.3) is 0 Å². The van der Waals surface area contributed by atoms with Gasteiger partial charge in [-0.25, -0.2) is 14.2 Å². The number of rotatable bonds is 4. The molecule has 0 aliphatic carbocycles. The number of benzene rings is 1. The molecule has 0 unspecified atom stereocenters. The molecular formula is C13H11FN2O3. The number of anilines is 2. The van der Waals surface area contributed by atoms with Crippen LogP contribution < -0.4 is 10.1 Å². The Morgan fingerprint density at radius 3 is 2.63 bits per heavy atom. The second-order valence-electron chi connectivity index (χ2n) is 3.71. The number of aromatic carboxylic acids is 1. The Morgan fingerprint density at radius 2 is 2.05 bits per heavy atom. The summed E-state index contributed by atoms with van der Waals surface area (Å²) >= 11 is 0. The predicted molar refractivity (Wildman–Crippen MR) is 67.4 cm³/mol. The number of halogens is 1. The smallest absolute Gasteiger partial charge is 0.354 e. The van der Waals surface area contributed by atoms with Gasteiger partial charge in [-0.3, -0.25) is 0 Å². The first-order valence-corrected chi connectivity index (χ1v) is 5.40. The van der Waals surface area contributed by atoms with Gasteiger partial charge in [0.15, 0.2) is 11.6 Å². The first-order chi connectivity index (χ1) is 9.10. The van der Waals surface area contributed by atoms with Crippen LogP contribution in [-0.2, 0) is 0 Å². The third-order valence-electron chi connectivity index (χ3n) is 2.42. The van der Waals surface area contributed by atoms with E-state index in [2.05, 4.69) is 10.3 Å². The molecule has 19 heavy (non-hydrogen) atoms. The van der Waals surface area contributed by atoms with E-state index in [-0.39, 0.29) is 11.4 Å². The third kappa shape index (κ3) is 2.98. The number of nitrogens with zero attached hydrogens (tertiary/aromatic N) is 1. The molecule has 0 spiro atoms. The highest BCUT2D eigenvalue weighted by Crippen LogP contribution is 2.24. The normalized spacial score (nSPS) is 10.0. The Balaban J connectivity index is 2.19. The van der Waals surface area contributed by atoms with E-state index in [0.29, 0.717) is 11.4 Å². The average molecular weight is 262 g/mol. The summed E-state index contributed by atoms with van der Waals surface area (Å²) in [4.78, 5) is 14.4. The second kappa shape index (κ2) is 5.34. The zero-order chi connectivity index (χ0) is 13.8. The maximum Gasteiger partial charge on any atom is 0.354 e. The first-order valence-electron chi connectivity index (χ1n) is 5.40. The lowest BCUT2D eigenvalue weighted by molar-refractivity contribution is 0.0690. The topological polar surface area (TPSA) is 71.5 Å². The van der Waals surface area contributed by atoms with Gasteiger partial charge in [-0.05, 0) is 24.3 Å². The van der Waals surface area contributed by atoms with E-state index in [9.17, 15) is 9.18 Å². The van der Waals surface area contributed by atoms with Crippen molar-refractivity contribution in [1.29, 1.82) is 0 Å². The quantitative estimate of drug-likeness (QED) is 0.886. The van der Waals surface area contributed by atoms with Crippen molar-refractivity contribution in [1.82, 2.24) is 4.98 Å². The van der Waals surface area contributed by atoms with Crippen molar-refractivity contribution < 1.29 is 19.0 Å². The summed E-state index contributed by atoms with van der Waals surface area (Å²) in [5.74, 6) is -1.41. The van der Waals surface area contributed by atoms with Gasteiger partial charge in [-0.1, -0.05) is 0 Å². The Bertz CT molecular complexity index is 599. The van der Waals surface area contributed by atoms with Gasteiger partial charge >= 0.3 is 5.97 Å². The highest BCUT2D eigenvalue weighted by atomic mass is 19.1. The molecule has 2 aromatic rings. The first kappa shape index (κ1) is 12.8. The molecule has 0 saturated carbocycles. The van der Waals surface area contributed by atoms with Gasteiger partial charge in [0.1, 0.15) is 5.69 Å². The van der Waals surface area contributed by atoms with Crippen molar-refractivity contribution in [2.75, 3.05) is 12.4 Å². The number of aromatic nitrogens is 1. The molecule has 1 heterocycles. The molecule has 1 aromatic heterocycles. The van der Waals surface area contributed by atoms with Crippen LogP contribution in [0.15, 0.2) is 36.5 Å². The van der Waals surface area contributed by atoms with Gasteiger partial charge in [0.25, 0.3) is 0 Å². The summed E-state index contributed by atoms with van der Waals surface area (Å²) in [6.07, 6.45) is 1.39. The maximum absolute atomic E-state index is 13.2. The van der Waals surface area contributed by atoms with Crippen molar-refractivity contribution in [3.05, 3.63) is 48.0 Å². The molecule has 98 valence electrons. The molecule has 5 nitrogen and oxygen atoms in total. The summed E-state index contributed by atoms with van der Waals surface area (Å²) < 4.78 is 18.1. The fraction of sp³-hybridized carbons (Fsp3) is 0.0769. The summed E-state index contributed by atoms with van der Waals surface area (Å²) in [5, 5.41) is 11.7. The molecule has 0 atom stereocenters. The van der Waals surface area contributed by atoms with Crippen molar-refractivity contribution >= 4 is 17.3 Å². The Labute approximate surface area is 108 Å². The van der Waals surface area contributed by atoms with Gasteiger partial charge in [0.05, 0.1) is 19.0 Å². The number of nitrogens with one attached hydrogen (secondary N) is 1.